The summed E-state index contributed by atoms with van der Waals surface area (Å²) in [6.07, 6.45) is 4.97. The number of guanidine groups is 1. The summed E-state index contributed by atoms with van der Waals surface area (Å²) < 4.78 is 23.8. The molecule has 1 atom stereocenters. The van der Waals surface area contributed by atoms with Crippen LogP contribution in [0.5, 0.6) is 0 Å². The van der Waals surface area contributed by atoms with Crippen molar-refractivity contribution in [1.82, 2.24) is 15.1 Å². The Morgan fingerprint density at radius 2 is 1.77 bits per heavy atom. The molecule has 0 saturated carbocycles. The zero-order chi connectivity index (χ0) is 19.4. The molecular formula is C19H38N4O2S. The fraction of sp³-hybridized carbons (Fsp3) is 0.947. The lowest BCUT2D eigenvalue weighted by Gasteiger charge is -2.40. The van der Waals surface area contributed by atoms with Crippen molar-refractivity contribution >= 4 is 15.8 Å². The monoisotopic (exact) mass is 386 g/mol. The third kappa shape index (κ3) is 4.71. The van der Waals surface area contributed by atoms with Crippen molar-refractivity contribution in [1.29, 1.82) is 0 Å². The minimum absolute atomic E-state index is 0.197. The van der Waals surface area contributed by atoms with Crippen LogP contribution in [0.25, 0.3) is 0 Å². The topological polar surface area (TPSA) is 65.0 Å². The van der Waals surface area contributed by atoms with E-state index in [4.69, 9.17) is 0 Å². The first-order chi connectivity index (χ1) is 12.3. The Hall–Kier alpha value is -0.820. The summed E-state index contributed by atoms with van der Waals surface area (Å²) in [7, 11) is -1.24. The molecule has 2 saturated heterocycles. The SMILES string of the molecule is CCC(CC)C(CNC(=NC)N1CCS(=O)(=O)C(C)(C)C1)N1CCCC1. The van der Waals surface area contributed by atoms with Gasteiger partial charge < -0.3 is 10.2 Å². The molecule has 7 heteroatoms. The van der Waals surface area contributed by atoms with Gasteiger partial charge in [0.1, 0.15) is 0 Å². The Morgan fingerprint density at radius 1 is 1.15 bits per heavy atom. The van der Waals surface area contributed by atoms with Crippen molar-refractivity contribution in [3.8, 4) is 0 Å². The van der Waals surface area contributed by atoms with Crippen LogP contribution in [0.2, 0.25) is 0 Å². The Bertz CT molecular complexity index is 576. The Kier molecular flexibility index (Phi) is 7.36. The molecule has 152 valence electrons. The van der Waals surface area contributed by atoms with E-state index in [-0.39, 0.29) is 5.75 Å². The molecule has 2 aliphatic rings. The van der Waals surface area contributed by atoms with Gasteiger partial charge in [-0.1, -0.05) is 26.7 Å². The van der Waals surface area contributed by atoms with Gasteiger partial charge in [-0.05, 0) is 45.7 Å². The van der Waals surface area contributed by atoms with Crippen molar-refractivity contribution in [2.24, 2.45) is 10.9 Å². The largest absolute Gasteiger partial charge is 0.355 e. The maximum atomic E-state index is 12.3. The predicted molar refractivity (Wildman–Crippen MR) is 109 cm³/mol. The minimum atomic E-state index is -3.03. The van der Waals surface area contributed by atoms with E-state index in [0.717, 1.165) is 12.5 Å². The fourth-order valence-electron chi connectivity index (χ4n) is 4.35. The van der Waals surface area contributed by atoms with Crippen LogP contribution in [-0.4, -0.2) is 80.5 Å². The molecule has 0 aromatic heterocycles. The van der Waals surface area contributed by atoms with Crippen LogP contribution in [0, 0.1) is 5.92 Å². The van der Waals surface area contributed by atoms with Gasteiger partial charge in [-0.2, -0.15) is 0 Å². The summed E-state index contributed by atoms with van der Waals surface area (Å²) in [5, 5.41) is 3.57. The van der Waals surface area contributed by atoms with E-state index in [1.165, 1.54) is 38.8 Å². The van der Waals surface area contributed by atoms with Gasteiger partial charge >= 0.3 is 0 Å². The molecule has 0 bridgehead atoms. The molecule has 2 rings (SSSR count). The van der Waals surface area contributed by atoms with E-state index in [1.54, 1.807) is 7.05 Å². The lowest BCUT2D eigenvalue weighted by Crippen LogP contribution is -2.58. The van der Waals surface area contributed by atoms with Gasteiger partial charge in [0.25, 0.3) is 0 Å². The van der Waals surface area contributed by atoms with Crippen molar-refractivity contribution in [2.45, 2.75) is 64.2 Å². The molecule has 0 aromatic carbocycles. The summed E-state index contributed by atoms with van der Waals surface area (Å²) in [5.41, 5.74) is 0. The molecular weight excluding hydrogens is 348 g/mol. The molecule has 6 nitrogen and oxygen atoms in total. The normalized spacial score (nSPS) is 24.8. The highest BCUT2D eigenvalue weighted by molar-refractivity contribution is 7.92. The number of nitrogens with one attached hydrogen (secondary N) is 1. The number of likely N-dealkylation sites (tertiary alicyclic amines) is 1. The van der Waals surface area contributed by atoms with Crippen LogP contribution >= 0.6 is 0 Å². The number of sulfone groups is 1. The second-order valence-corrected chi connectivity index (χ2v) is 11.1. The van der Waals surface area contributed by atoms with Crippen molar-refractivity contribution in [2.75, 3.05) is 45.5 Å². The lowest BCUT2D eigenvalue weighted by atomic mass is 9.93. The fourth-order valence-corrected chi connectivity index (χ4v) is 5.72. The summed E-state index contributed by atoms with van der Waals surface area (Å²) in [6.45, 7) is 12.5. The van der Waals surface area contributed by atoms with E-state index in [0.29, 0.717) is 25.0 Å². The smallest absolute Gasteiger partial charge is 0.193 e. The summed E-state index contributed by atoms with van der Waals surface area (Å²) >= 11 is 0. The van der Waals surface area contributed by atoms with Gasteiger partial charge in [0.05, 0.1) is 10.5 Å². The summed E-state index contributed by atoms with van der Waals surface area (Å²) in [5.74, 6) is 1.71. The maximum absolute atomic E-state index is 12.3. The molecule has 0 aromatic rings. The van der Waals surface area contributed by atoms with Crippen LogP contribution in [0.1, 0.15) is 53.4 Å². The highest BCUT2D eigenvalue weighted by Gasteiger charge is 2.41. The Balaban J connectivity index is 2.04. The number of rotatable bonds is 6. The summed E-state index contributed by atoms with van der Waals surface area (Å²) in [4.78, 5) is 9.19. The second-order valence-electron chi connectivity index (χ2n) is 8.32. The highest BCUT2D eigenvalue weighted by Crippen LogP contribution is 2.25. The van der Waals surface area contributed by atoms with E-state index in [9.17, 15) is 8.42 Å². The Morgan fingerprint density at radius 3 is 2.27 bits per heavy atom. The summed E-state index contributed by atoms with van der Waals surface area (Å²) in [6, 6.07) is 0.519. The van der Waals surface area contributed by atoms with Gasteiger partial charge in [0.15, 0.2) is 15.8 Å². The van der Waals surface area contributed by atoms with Gasteiger partial charge in [0.2, 0.25) is 0 Å². The van der Waals surface area contributed by atoms with Crippen LogP contribution in [0.15, 0.2) is 4.99 Å². The molecule has 0 spiro atoms. The van der Waals surface area contributed by atoms with Crippen LogP contribution < -0.4 is 5.32 Å². The first kappa shape index (κ1) is 21.5. The van der Waals surface area contributed by atoms with E-state index in [2.05, 4.69) is 34.0 Å². The first-order valence-corrected chi connectivity index (χ1v) is 11.8. The van der Waals surface area contributed by atoms with Crippen molar-refractivity contribution in [3.05, 3.63) is 0 Å². The van der Waals surface area contributed by atoms with Gasteiger partial charge in [0, 0.05) is 32.7 Å². The van der Waals surface area contributed by atoms with Crippen LogP contribution in [0.4, 0.5) is 0 Å². The molecule has 2 heterocycles. The van der Waals surface area contributed by atoms with Crippen LogP contribution in [0.3, 0.4) is 0 Å². The Labute approximate surface area is 160 Å². The number of hydrogen-bond acceptors (Lipinski definition) is 4. The van der Waals surface area contributed by atoms with E-state index in [1.807, 2.05) is 13.8 Å². The first-order valence-electron chi connectivity index (χ1n) is 10.2. The highest BCUT2D eigenvalue weighted by atomic mass is 32.2. The number of nitrogens with zero attached hydrogens (tertiary/aromatic N) is 3. The third-order valence-electron chi connectivity index (χ3n) is 6.23. The van der Waals surface area contributed by atoms with Crippen LogP contribution in [-0.2, 0) is 9.84 Å². The lowest BCUT2D eigenvalue weighted by molar-refractivity contribution is 0.165. The predicted octanol–water partition coefficient (Wildman–Crippen LogP) is 1.97. The zero-order valence-corrected chi connectivity index (χ0v) is 18.1. The molecule has 1 N–H and O–H groups in total. The molecule has 1 unspecified atom stereocenters. The molecule has 26 heavy (non-hydrogen) atoms. The average molecular weight is 387 g/mol. The standard InChI is InChI=1S/C19H38N4O2S/c1-6-16(7-2)17(22-10-8-9-11-22)14-21-18(20-5)23-12-13-26(24,25)19(3,4)15-23/h16-17H,6-15H2,1-5H3,(H,20,21). The molecule has 0 aliphatic carbocycles. The van der Waals surface area contributed by atoms with Gasteiger partial charge in [-0.3, -0.25) is 9.89 Å². The quantitative estimate of drug-likeness (QED) is 0.558. The third-order valence-corrected chi connectivity index (χ3v) is 8.76. The van der Waals surface area contributed by atoms with E-state index >= 15 is 0 Å². The van der Waals surface area contributed by atoms with Crippen molar-refractivity contribution < 1.29 is 8.42 Å². The molecule has 0 radical (unpaired) electrons. The zero-order valence-electron chi connectivity index (χ0n) is 17.3. The van der Waals surface area contributed by atoms with Gasteiger partial charge in [-0.25, -0.2) is 8.42 Å². The maximum Gasteiger partial charge on any atom is 0.193 e. The van der Waals surface area contributed by atoms with Gasteiger partial charge in [-0.15, -0.1) is 0 Å². The number of hydrogen-bond donors (Lipinski definition) is 1. The van der Waals surface area contributed by atoms with E-state index < -0.39 is 14.6 Å². The minimum Gasteiger partial charge on any atom is -0.355 e. The molecule has 2 aliphatic heterocycles. The molecule has 0 amide bonds. The molecule has 2 fully saturated rings. The average Bonchev–Trinajstić information content (AvgIpc) is 3.12. The second kappa shape index (κ2) is 8.91. The van der Waals surface area contributed by atoms with Crippen molar-refractivity contribution in [3.63, 3.8) is 0 Å². The number of aliphatic imine (C=N–C) groups is 1.